The summed E-state index contributed by atoms with van der Waals surface area (Å²) in [5.74, 6) is 1.13. The quantitative estimate of drug-likeness (QED) is 0.647. The molecule has 0 spiro atoms. The second kappa shape index (κ2) is 8.09. The smallest absolute Gasteiger partial charge is 0.255 e. The van der Waals surface area contributed by atoms with Crippen molar-refractivity contribution in [3.8, 4) is 5.75 Å². The molecule has 0 saturated carbocycles. The maximum atomic E-state index is 13.2. The van der Waals surface area contributed by atoms with Crippen molar-refractivity contribution in [1.29, 1.82) is 0 Å². The Kier molecular flexibility index (Phi) is 5.52. The molecule has 1 aliphatic heterocycles. The topological polar surface area (TPSA) is 60.7 Å². The second-order valence-corrected chi connectivity index (χ2v) is 7.92. The molecule has 0 bridgehead atoms. The summed E-state index contributed by atoms with van der Waals surface area (Å²) in [6, 6.07) is 13.4. The summed E-state index contributed by atoms with van der Waals surface area (Å²) in [4.78, 5) is 13.2. The summed E-state index contributed by atoms with van der Waals surface area (Å²) in [7, 11) is 1.60. The Morgan fingerprint density at radius 2 is 2.00 bits per heavy atom. The number of nitrogens with one attached hydrogen (secondary N) is 1. The highest BCUT2D eigenvalue weighted by Gasteiger charge is 2.35. The molecule has 0 radical (unpaired) electrons. The molecule has 1 aliphatic rings. The molecule has 2 heterocycles. The molecule has 0 unspecified atom stereocenters. The van der Waals surface area contributed by atoms with Gasteiger partial charge < -0.3 is 19.2 Å². The van der Waals surface area contributed by atoms with Crippen molar-refractivity contribution in [2.75, 3.05) is 26.9 Å². The Hall–Kier alpha value is -2.50. The number of furan rings is 1. The average Bonchev–Trinajstić information content (AvgIpc) is 3.07. The first kappa shape index (κ1) is 19.8. The van der Waals surface area contributed by atoms with Gasteiger partial charge in [-0.15, -0.1) is 0 Å². The van der Waals surface area contributed by atoms with E-state index in [4.69, 9.17) is 25.5 Å². The van der Waals surface area contributed by atoms with Crippen LogP contribution >= 0.6 is 11.6 Å². The highest BCUT2D eigenvalue weighted by Crippen LogP contribution is 2.36. The summed E-state index contributed by atoms with van der Waals surface area (Å²) in [6.07, 6.45) is 1.65. The van der Waals surface area contributed by atoms with Gasteiger partial charge in [-0.05, 0) is 55.7 Å². The molecule has 4 rings (SSSR count). The van der Waals surface area contributed by atoms with Crippen molar-refractivity contribution in [2.45, 2.75) is 25.2 Å². The van der Waals surface area contributed by atoms with E-state index in [1.54, 1.807) is 7.11 Å². The number of amides is 1. The number of benzene rings is 2. The van der Waals surface area contributed by atoms with E-state index in [9.17, 15) is 4.79 Å². The van der Waals surface area contributed by atoms with Gasteiger partial charge in [0.2, 0.25) is 0 Å². The van der Waals surface area contributed by atoms with Crippen molar-refractivity contribution < 1.29 is 18.7 Å². The number of aryl methyl sites for hydroxylation is 1. The molecule has 1 saturated heterocycles. The molecule has 152 valence electrons. The van der Waals surface area contributed by atoms with Gasteiger partial charge in [-0.1, -0.05) is 23.7 Å². The molecule has 1 amide bonds. The van der Waals surface area contributed by atoms with Crippen LogP contribution in [0.15, 0.2) is 46.9 Å². The van der Waals surface area contributed by atoms with E-state index in [0.29, 0.717) is 47.4 Å². The normalized spacial score (nSPS) is 16.0. The van der Waals surface area contributed by atoms with Crippen LogP contribution in [0.25, 0.3) is 11.0 Å². The zero-order chi connectivity index (χ0) is 20.4. The fraction of sp³-hybridized carbons (Fsp3) is 0.348. The number of hydrogen-bond acceptors (Lipinski definition) is 4. The van der Waals surface area contributed by atoms with Gasteiger partial charge in [-0.3, -0.25) is 4.79 Å². The van der Waals surface area contributed by atoms with Crippen molar-refractivity contribution in [3.63, 3.8) is 0 Å². The van der Waals surface area contributed by atoms with E-state index in [2.05, 4.69) is 11.4 Å². The van der Waals surface area contributed by atoms with E-state index >= 15 is 0 Å². The van der Waals surface area contributed by atoms with Crippen molar-refractivity contribution >= 4 is 28.5 Å². The monoisotopic (exact) mass is 413 g/mol. The van der Waals surface area contributed by atoms with Crippen molar-refractivity contribution in [3.05, 3.63) is 64.4 Å². The summed E-state index contributed by atoms with van der Waals surface area (Å²) in [5, 5.41) is 4.60. The highest BCUT2D eigenvalue weighted by atomic mass is 35.5. The van der Waals surface area contributed by atoms with Crippen molar-refractivity contribution in [1.82, 2.24) is 5.32 Å². The first-order valence-corrected chi connectivity index (χ1v) is 10.1. The van der Waals surface area contributed by atoms with E-state index < -0.39 is 0 Å². The van der Waals surface area contributed by atoms with E-state index in [1.165, 1.54) is 0 Å². The van der Waals surface area contributed by atoms with Gasteiger partial charge >= 0.3 is 0 Å². The lowest BCUT2D eigenvalue weighted by Gasteiger charge is -2.38. The Balaban J connectivity index is 1.62. The van der Waals surface area contributed by atoms with Crippen LogP contribution < -0.4 is 10.1 Å². The summed E-state index contributed by atoms with van der Waals surface area (Å²) >= 11 is 6.24. The molecule has 0 aliphatic carbocycles. The first-order valence-electron chi connectivity index (χ1n) is 9.71. The highest BCUT2D eigenvalue weighted by molar-refractivity contribution is 6.30. The van der Waals surface area contributed by atoms with Crippen LogP contribution in [0.3, 0.4) is 0 Å². The number of fused-ring (bicyclic) bond motifs is 1. The summed E-state index contributed by atoms with van der Waals surface area (Å²) in [5.41, 5.74) is 2.14. The first-order chi connectivity index (χ1) is 14.0. The van der Waals surface area contributed by atoms with Crippen LogP contribution in [0.2, 0.25) is 5.02 Å². The Morgan fingerprint density at radius 1 is 1.21 bits per heavy atom. The maximum absolute atomic E-state index is 13.2. The number of ether oxygens (including phenoxy) is 2. The van der Waals surface area contributed by atoms with Crippen LogP contribution in [0.5, 0.6) is 5.75 Å². The minimum absolute atomic E-state index is 0.151. The zero-order valence-electron chi connectivity index (χ0n) is 16.6. The fourth-order valence-electron chi connectivity index (χ4n) is 4.09. The van der Waals surface area contributed by atoms with Crippen molar-refractivity contribution in [2.24, 2.45) is 0 Å². The lowest BCUT2D eigenvalue weighted by molar-refractivity contribution is 0.0487. The van der Waals surface area contributed by atoms with E-state index in [0.717, 1.165) is 23.8 Å². The standard InChI is InChI=1S/C23H24ClNO4/c1-15-21(19-13-18(27-2)6-7-20(19)29-15)22(26)25-14-23(8-10-28-11-9-23)16-4-3-5-17(24)12-16/h3-7,12-13H,8-11,14H2,1-2H3,(H,25,26). The predicted molar refractivity (Wildman–Crippen MR) is 113 cm³/mol. The molecule has 0 atom stereocenters. The molecule has 1 N–H and O–H groups in total. The van der Waals surface area contributed by atoms with Crippen LogP contribution in [0, 0.1) is 6.92 Å². The lowest BCUT2D eigenvalue weighted by atomic mass is 9.74. The van der Waals surface area contributed by atoms with Gasteiger partial charge in [0.1, 0.15) is 17.1 Å². The molecule has 3 aromatic rings. The Morgan fingerprint density at radius 3 is 2.72 bits per heavy atom. The number of methoxy groups -OCH3 is 1. The van der Waals surface area contributed by atoms with Crippen LogP contribution in [-0.2, 0) is 10.2 Å². The lowest BCUT2D eigenvalue weighted by Crippen LogP contribution is -2.44. The largest absolute Gasteiger partial charge is 0.497 e. The number of carbonyl (C=O) groups is 1. The third-order valence-electron chi connectivity index (χ3n) is 5.77. The zero-order valence-corrected chi connectivity index (χ0v) is 17.3. The van der Waals surface area contributed by atoms with E-state index in [1.807, 2.05) is 43.3 Å². The third kappa shape index (κ3) is 3.85. The minimum atomic E-state index is -0.204. The molecular formula is C23H24ClNO4. The Bertz CT molecular complexity index is 1040. The number of hydrogen-bond donors (Lipinski definition) is 1. The molecule has 5 nitrogen and oxygen atoms in total. The maximum Gasteiger partial charge on any atom is 0.255 e. The van der Waals surface area contributed by atoms with E-state index in [-0.39, 0.29) is 11.3 Å². The van der Waals surface area contributed by atoms with Gasteiger partial charge in [0.15, 0.2) is 0 Å². The summed E-state index contributed by atoms with van der Waals surface area (Å²) in [6.45, 7) is 3.63. The predicted octanol–water partition coefficient (Wildman–Crippen LogP) is 4.88. The number of carbonyl (C=O) groups excluding carboxylic acids is 1. The van der Waals surface area contributed by atoms with Gasteiger partial charge in [-0.25, -0.2) is 0 Å². The van der Waals surface area contributed by atoms with Gasteiger partial charge in [0, 0.05) is 35.6 Å². The molecule has 1 aromatic heterocycles. The molecule has 29 heavy (non-hydrogen) atoms. The van der Waals surface area contributed by atoms with Gasteiger partial charge in [0.25, 0.3) is 5.91 Å². The molecule has 1 fully saturated rings. The van der Waals surface area contributed by atoms with Gasteiger partial charge in [-0.2, -0.15) is 0 Å². The second-order valence-electron chi connectivity index (χ2n) is 7.48. The number of rotatable bonds is 5. The number of halogens is 1. The minimum Gasteiger partial charge on any atom is -0.497 e. The third-order valence-corrected chi connectivity index (χ3v) is 6.01. The SMILES string of the molecule is COc1ccc2oc(C)c(C(=O)NCC3(c4cccc(Cl)c4)CCOCC3)c2c1. The molecule has 2 aromatic carbocycles. The van der Waals surface area contributed by atoms with Crippen LogP contribution in [0.1, 0.15) is 34.5 Å². The van der Waals surface area contributed by atoms with Crippen LogP contribution in [-0.4, -0.2) is 32.8 Å². The summed E-state index contributed by atoms with van der Waals surface area (Å²) < 4.78 is 16.7. The van der Waals surface area contributed by atoms with Gasteiger partial charge in [0.05, 0.1) is 12.7 Å². The van der Waals surface area contributed by atoms with Crippen LogP contribution in [0.4, 0.5) is 0 Å². The Labute approximate surface area is 174 Å². The molecule has 6 heteroatoms. The fourth-order valence-corrected chi connectivity index (χ4v) is 4.28. The molecular weight excluding hydrogens is 390 g/mol. The average molecular weight is 414 g/mol.